The molecule has 0 aliphatic carbocycles. The number of anilines is 1. The average Bonchev–Trinajstić information content (AvgIpc) is 2.27. The van der Waals surface area contributed by atoms with Crippen molar-refractivity contribution in [3.63, 3.8) is 0 Å². The van der Waals surface area contributed by atoms with Crippen molar-refractivity contribution in [3.05, 3.63) is 22.7 Å². The topological polar surface area (TPSA) is 83.6 Å². The maximum Gasteiger partial charge on any atom is 0.252 e. The van der Waals surface area contributed by atoms with Crippen LogP contribution in [0.15, 0.2) is 27.6 Å². The summed E-state index contributed by atoms with van der Waals surface area (Å²) >= 11 is 3.03. The molecule has 0 aromatic heterocycles. The highest BCUT2D eigenvalue weighted by atomic mass is 79.9. The normalized spacial score (nSPS) is 12.3. The first-order chi connectivity index (χ1) is 8.78. The number of nitrogens with two attached hydrogens (primary N) is 1. The minimum absolute atomic E-state index is 0.171. The van der Waals surface area contributed by atoms with Crippen LogP contribution in [0.1, 0.15) is 0 Å². The lowest BCUT2D eigenvalue weighted by Crippen LogP contribution is -2.37. The minimum atomic E-state index is -4.11. The zero-order chi connectivity index (χ0) is 14.6. The van der Waals surface area contributed by atoms with Crippen LogP contribution in [0.4, 0.5) is 14.5 Å². The summed E-state index contributed by atoms with van der Waals surface area (Å²) in [4.78, 5) is -0.171. The van der Waals surface area contributed by atoms with Crippen LogP contribution in [0.25, 0.3) is 0 Å². The number of benzene rings is 1. The van der Waals surface area contributed by atoms with Crippen LogP contribution in [0, 0.1) is 0 Å². The fourth-order valence-corrected chi connectivity index (χ4v) is 3.91. The Balaban J connectivity index is 3.18. The first kappa shape index (κ1) is 16.3. The van der Waals surface area contributed by atoms with Gasteiger partial charge < -0.3 is 10.8 Å². The summed E-state index contributed by atoms with van der Waals surface area (Å²) in [6.07, 6.45) is -2.83. The van der Waals surface area contributed by atoms with Gasteiger partial charge in [-0.05, 0) is 34.1 Å². The highest BCUT2D eigenvalue weighted by Gasteiger charge is 2.28. The molecule has 0 aliphatic rings. The summed E-state index contributed by atoms with van der Waals surface area (Å²) in [5.41, 5.74) is 5.83. The summed E-state index contributed by atoms with van der Waals surface area (Å²) in [6, 6.07) is 3.95. The van der Waals surface area contributed by atoms with Gasteiger partial charge in [-0.2, -0.15) is 4.31 Å². The van der Waals surface area contributed by atoms with E-state index in [1.807, 2.05) is 0 Å². The molecule has 0 amide bonds. The largest absolute Gasteiger partial charge is 0.399 e. The van der Waals surface area contributed by atoms with Crippen LogP contribution in [-0.4, -0.2) is 44.0 Å². The van der Waals surface area contributed by atoms with Crippen LogP contribution < -0.4 is 5.73 Å². The Morgan fingerprint density at radius 2 is 2.05 bits per heavy atom. The van der Waals surface area contributed by atoms with Crippen molar-refractivity contribution in [1.29, 1.82) is 0 Å². The molecule has 19 heavy (non-hydrogen) atoms. The van der Waals surface area contributed by atoms with Crippen molar-refractivity contribution in [2.75, 3.05) is 25.4 Å². The molecule has 0 unspecified atom stereocenters. The molecule has 5 nitrogen and oxygen atoms in total. The Kier molecular flexibility index (Phi) is 5.65. The van der Waals surface area contributed by atoms with E-state index in [1.165, 1.54) is 18.2 Å². The Morgan fingerprint density at radius 1 is 1.42 bits per heavy atom. The van der Waals surface area contributed by atoms with Gasteiger partial charge in [0, 0.05) is 16.7 Å². The van der Waals surface area contributed by atoms with Gasteiger partial charge in [0.1, 0.15) is 0 Å². The number of hydrogen-bond donors (Lipinski definition) is 2. The van der Waals surface area contributed by atoms with Gasteiger partial charge in [0.25, 0.3) is 6.43 Å². The van der Waals surface area contributed by atoms with Crippen LogP contribution in [-0.2, 0) is 10.0 Å². The van der Waals surface area contributed by atoms with E-state index >= 15 is 0 Å². The van der Waals surface area contributed by atoms with Gasteiger partial charge in [-0.25, -0.2) is 17.2 Å². The maximum atomic E-state index is 12.4. The zero-order valence-electron chi connectivity index (χ0n) is 9.76. The molecule has 0 heterocycles. The van der Waals surface area contributed by atoms with E-state index in [0.29, 0.717) is 9.99 Å². The second kappa shape index (κ2) is 6.60. The van der Waals surface area contributed by atoms with Crippen LogP contribution in [0.2, 0.25) is 0 Å². The first-order valence-electron chi connectivity index (χ1n) is 5.23. The molecule has 1 aromatic carbocycles. The zero-order valence-corrected chi connectivity index (χ0v) is 12.2. The molecule has 108 valence electrons. The monoisotopic (exact) mass is 358 g/mol. The molecule has 9 heteroatoms. The summed E-state index contributed by atoms with van der Waals surface area (Å²) in [7, 11) is -4.11. The van der Waals surface area contributed by atoms with Crippen molar-refractivity contribution in [1.82, 2.24) is 4.31 Å². The minimum Gasteiger partial charge on any atom is -0.399 e. The van der Waals surface area contributed by atoms with Gasteiger partial charge in [-0.15, -0.1) is 0 Å². The highest BCUT2D eigenvalue weighted by Crippen LogP contribution is 2.27. The van der Waals surface area contributed by atoms with Gasteiger partial charge in [-0.1, -0.05) is 0 Å². The number of alkyl halides is 2. The molecule has 0 radical (unpaired) electrons. The molecular formula is C10H13BrF2N2O3S. The van der Waals surface area contributed by atoms with E-state index in [1.54, 1.807) is 0 Å². The molecule has 0 saturated carbocycles. The molecular weight excluding hydrogens is 346 g/mol. The number of rotatable bonds is 6. The standard InChI is InChI=1S/C10H13BrF2N2O3S/c11-8-5-7(14)1-2-9(8)19(17,18)15(3-4-16)6-10(12)13/h1-2,5,10,16H,3-4,6,14H2. The van der Waals surface area contributed by atoms with Crippen LogP contribution in [0.3, 0.4) is 0 Å². The predicted molar refractivity (Wildman–Crippen MR) is 70.4 cm³/mol. The third-order valence-corrected chi connectivity index (χ3v) is 5.11. The summed E-state index contributed by atoms with van der Waals surface area (Å²) in [5, 5.41) is 8.79. The summed E-state index contributed by atoms with van der Waals surface area (Å²) in [6.45, 7) is -1.91. The third-order valence-electron chi connectivity index (χ3n) is 2.26. The van der Waals surface area contributed by atoms with E-state index in [-0.39, 0.29) is 9.37 Å². The van der Waals surface area contributed by atoms with E-state index in [4.69, 9.17) is 10.8 Å². The Hall–Kier alpha value is -0.770. The second-order valence-corrected chi connectivity index (χ2v) is 6.43. The number of sulfonamides is 1. The van der Waals surface area contributed by atoms with Crippen molar-refractivity contribution in [3.8, 4) is 0 Å². The lowest BCUT2D eigenvalue weighted by molar-refractivity contribution is 0.113. The highest BCUT2D eigenvalue weighted by molar-refractivity contribution is 9.10. The Morgan fingerprint density at radius 3 is 2.53 bits per heavy atom. The number of nitrogens with zero attached hydrogens (tertiary/aromatic N) is 1. The number of nitrogen functional groups attached to an aromatic ring is 1. The Labute approximate surface area is 118 Å². The quantitative estimate of drug-likeness (QED) is 0.750. The lowest BCUT2D eigenvalue weighted by Gasteiger charge is -2.21. The second-order valence-electron chi connectivity index (χ2n) is 3.67. The van der Waals surface area contributed by atoms with Gasteiger partial charge in [0.2, 0.25) is 10.0 Å². The molecule has 0 saturated heterocycles. The summed E-state index contributed by atoms with van der Waals surface area (Å²) < 4.78 is 49.9. The molecule has 0 spiro atoms. The van der Waals surface area contributed by atoms with Gasteiger partial charge in [0.15, 0.2) is 0 Å². The smallest absolute Gasteiger partial charge is 0.252 e. The van der Waals surface area contributed by atoms with Gasteiger partial charge in [-0.3, -0.25) is 0 Å². The molecule has 0 bridgehead atoms. The van der Waals surface area contributed by atoms with E-state index in [0.717, 1.165) is 0 Å². The van der Waals surface area contributed by atoms with Crippen molar-refractivity contribution < 1.29 is 22.3 Å². The molecule has 0 aliphatic heterocycles. The molecule has 1 aromatic rings. The molecule has 3 N–H and O–H groups in total. The fourth-order valence-electron chi connectivity index (χ4n) is 1.44. The fraction of sp³-hybridized carbons (Fsp3) is 0.400. The van der Waals surface area contributed by atoms with Crippen LogP contribution >= 0.6 is 15.9 Å². The summed E-state index contributed by atoms with van der Waals surface area (Å²) in [5.74, 6) is 0. The molecule has 0 atom stereocenters. The van der Waals surface area contributed by atoms with Crippen molar-refractivity contribution in [2.45, 2.75) is 11.3 Å². The number of halogens is 3. The Bertz CT molecular complexity index is 540. The SMILES string of the molecule is Nc1ccc(S(=O)(=O)N(CCO)CC(F)F)c(Br)c1. The average molecular weight is 359 g/mol. The third kappa shape index (κ3) is 4.10. The van der Waals surface area contributed by atoms with E-state index < -0.39 is 36.1 Å². The maximum absolute atomic E-state index is 12.4. The number of aliphatic hydroxyl groups excluding tert-OH is 1. The van der Waals surface area contributed by atoms with Crippen molar-refractivity contribution in [2.24, 2.45) is 0 Å². The predicted octanol–water partition coefficient (Wildman–Crippen LogP) is 1.28. The van der Waals surface area contributed by atoms with Gasteiger partial charge >= 0.3 is 0 Å². The van der Waals surface area contributed by atoms with Crippen LogP contribution in [0.5, 0.6) is 0 Å². The van der Waals surface area contributed by atoms with E-state index in [2.05, 4.69) is 15.9 Å². The molecule has 0 fully saturated rings. The first-order valence-corrected chi connectivity index (χ1v) is 7.46. The number of hydrogen-bond acceptors (Lipinski definition) is 4. The number of aliphatic hydroxyl groups is 1. The van der Waals surface area contributed by atoms with E-state index in [9.17, 15) is 17.2 Å². The van der Waals surface area contributed by atoms with Crippen molar-refractivity contribution >= 4 is 31.6 Å². The lowest BCUT2D eigenvalue weighted by atomic mass is 10.3. The van der Waals surface area contributed by atoms with Gasteiger partial charge in [0.05, 0.1) is 18.0 Å². The molecule has 1 rings (SSSR count).